The van der Waals surface area contributed by atoms with Crippen molar-refractivity contribution >= 4 is 23.0 Å². The summed E-state index contributed by atoms with van der Waals surface area (Å²) < 4.78 is 1.67. The van der Waals surface area contributed by atoms with Gasteiger partial charge in [0, 0.05) is 25.1 Å². The highest BCUT2D eigenvalue weighted by Gasteiger charge is 2.06. The van der Waals surface area contributed by atoms with Crippen LogP contribution >= 0.6 is 11.6 Å². The molecule has 6 heteroatoms. The first-order valence-electron chi connectivity index (χ1n) is 6.04. The molecule has 0 spiro atoms. The van der Waals surface area contributed by atoms with Crippen LogP contribution in [0.3, 0.4) is 0 Å². The van der Waals surface area contributed by atoms with Crippen LogP contribution in [-0.4, -0.2) is 20.5 Å². The van der Waals surface area contributed by atoms with Crippen molar-refractivity contribution in [2.24, 2.45) is 0 Å². The fraction of sp³-hybridized carbons (Fsp3) is 0.0714. The number of carbonyl (C=O) groups is 1. The number of carbonyl (C=O) groups excluding carboxylic acids is 1. The predicted octanol–water partition coefficient (Wildman–Crippen LogP) is 2.31. The van der Waals surface area contributed by atoms with Gasteiger partial charge < -0.3 is 5.32 Å². The Hall–Kier alpha value is -2.40. The van der Waals surface area contributed by atoms with E-state index in [1.165, 1.54) is 0 Å². The van der Waals surface area contributed by atoms with Gasteiger partial charge in [-0.25, -0.2) is 9.50 Å². The molecule has 0 saturated heterocycles. The molecule has 0 atom stereocenters. The lowest BCUT2D eigenvalue weighted by Gasteiger charge is -2.05. The summed E-state index contributed by atoms with van der Waals surface area (Å²) >= 11 is 5.71. The van der Waals surface area contributed by atoms with E-state index in [2.05, 4.69) is 15.4 Å². The number of amides is 1. The summed E-state index contributed by atoms with van der Waals surface area (Å²) in [7, 11) is 0. The molecule has 1 N–H and O–H groups in total. The molecule has 0 aliphatic rings. The van der Waals surface area contributed by atoms with Gasteiger partial charge in [0.2, 0.25) is 0 Å². The van der Waals surface area contributed by atoms with Crippen LogP contribution in [0.25, 0.3) is 5.52 Å². The summed E-state index contributed by atoms with van der Waals surface area (Å²) in [6, 6.07) is 9.02. The van der Waals surface area contributed by atoms with E-state index < -0.39 is 0 Å². The molecular formula is C14H11ClN4O. The summed E-state index contributed by atoms with van der Waals surface area (Å²) in [6.07, 6.45) is 5.03. The van der Waals surface area contributed by atoms with Crippen LogP contribution in [0.4, 0.5) is 0 Å². The van der Waals surface area contributed by atoms with E-state index in [-0.39, 0.29) is 5.91 Å². The topological polar surface area (TPSA) is 59.3 Å². The van der Waals surface area contributed by atoms with Gasteiger partial charge in [-0.15, -0.1) is 0 Å². The van der Waals surface area contributed by atoms with Crippen molar-refractivity contribution in [3.63, 3.8) is 0 Å². The van der Waals surface area contributed by atoms with Crippen LogP contribution < -0.4 is 5.32 Å². The Balaban J connectivity index is 1.70. The summed E-state index contributed by atoms with van der Waals surface area (Å²) in [5, 5.41) is 7.36. The number of hydrogen-bond donors (Lipinski definition) is 1. The lowest BCUT2D eigenvalue weighted by Crippen LogP contribution is -2.23. The Kier molecular flexibility index (Phi) is 3.35. The second-order valence-electron chi connectivity index (χ2n) is 4.29. The third-order valence-corrected chi connectivity index (χ3v) is 3.12. The van der Waals surface area contributed by atoms with E-state index >= 15 is 0 Å². The Morgan fingerprint density at radius 2 is 2.15 bits per heavy atom. The molecule has 5 nitrogen and oxygen atoms in total. The average molecular weight is 287 g/mol. The van der Waals surface area contributed by atoms with Crippen LogP contribution in [0.5, 0.6) is 0 Å². The maximum absolute atomic E-state index is 12.1. The van der Waals surface area contributed by atoms with Crippen LogP contribution in [0, 0.1) is 0 Å². The number of pyridine rings is 2. The Morgan fingerprint density at radius 1 is 1.25 bits per heavy atom. The van der Waals surface area contributed by atoms with Crippen molar-refractivity contribution in [2.45, 2.75) is 6.54 Å². The fourth-order valence-electron chi connectivity index (χ4n) is 1.84. The highest BCUT2D eigenvalue weighted by molar-refractivity contribution is 6.29. The maximum Gasteiger partial charge on any atom is 0.253 e. The molecule has 100 valence electrons. The first-order chi connectivity index (χ1) is 9.72. The molecule has 0 aliphatic carbocycles. The van der Waals surface area contributed by atoms with Crippen LogP contribution in [-0.2, 0) is 6.54 Å². The molecule has 0 bridgehead atoms. The molecule has 20 heavy (non-hydrogen) atoms. The van der Waals surface area contributed by atoms with Gasteiger partial charge in [0.05, 0.1) is 11.1 Å². The first kappa shape index (κ1) is 12.6. The predicted molar refractivity (Wildman–Crippen MR) is 75.6 cm³/mol. The number of aromatic nitrogens is 3. The van der Waals surface area contributed by atoms with E-state index in [1.807, 2.05) is 18.2 Å². The number of nitrogens with zero attached hydrogens (tertiary/aromatic N) is 3. The van der Waals surface area contributed by atoms with Gasteiger partial charge in [-0.3, -0.25) is 4.79 Å². The minimum atomic E-state index is -0.155. The zero-order valence-corrected chi connectivity index (χ0v) is 11.2. The molecule has 3 aromatic heterocycles. The Bertz CT molecular complexity index is 751. The molecule has 0 fully saturated rings. The molecule has 0 unspecified atom stereocenters. The Morgan fingerprint density at radius 3 is 2.95 bits per heavy atom. The monoisotopic (exact) mass is 286 g/mol. The van der Waals surface area contributed by atoms with Crippen molar-refractivity contribution in [3.05, 3.63) is 65.2 Å². The van der Waals surface area contributed by atoms with Gasteiger partial charge in [-0.05, 0) is 29.8 Å². The highest BCUT2D eigenvalue weighted by Crippen LogP contribution is 2.07. The smallest absolute Gasteiger partial charge is 0.253 e. The molecule has 3 rings (SSSR count). The fourth-order valence-corrected chi connectivity index (χ4v) is 1.96. The van der Waals surface area contributed by atoms with Gasteiger partial charge in [0.25, 0.3) is 5.91 Å². The van der Waals surface area contributed by atoms with Gasteiger partial charge >= 0.3 is 0 Å². The molecule has 3 aromatic rings. The van der Waals surface area contributed by atoms with Crippen molar-refractivity contribution in [2.75, 3.05) is 0 Å². The molecular weight excluding hydrogens is 276 g/mol. The van der Waals surface area contributed by atoms with Crippen molar-refractivity contribution in [1.82, 2.24) is 19.9 Å². The SMILES string of the molecule is O=C(NCc1ccc(Cl)nc1)c1ccc2ccnn2c1. The lowest BCUT2D eigenvalue weighted by atomic mass is 10.2. The lowest BCUT2D eigenvalue weighted by molar-refractivity contribution is 0.0950. The standard InChI is InChI=1S/C14H11ClN4O/c15-13-4-1-10(7-16-13)8-17-14(20)11-2-3-12-5-6-18-19(12)9-11/h1-7,9H,8H2,(H,17,20). The molecule has 0 saturated carbocycles. The number of halogens is 1. The largest absolute Gasteiger partial charge is 0.348 e. The first-order valence-corrected chi connectivity index (χ1v) is 6.42. The second kappa shape index (κ2) is 5.30. The third kappa shape index (κ3) is 2.62. The van der Waals surface area contributed by atoms with E-state index in [9.17, 15) is 4.79 Å². The van der Waals surface area contributed by atoms with Gasteiger partial charge in [0.1, 0.15) is 5.15 Å². The molecule has 3 heterocycles. The molecule has 0 aliphatic heterocycles. The summed E-state index contributed by atoms with van der Waals surface area (Å²) in [6.45, 7) is 0.403. The van der Waals surface area contributed by atoms with E-state index in [4.69, 9.17) is 11.6 Å². The number of nitrogens with one attached hydrogen (secondary N) is 1. The van der Waals surface area contributed by atoms with Crippen molar-refractivity contribution in [1.29, 1.82) is 0 Å². The zero-order valence-electron chi connectivity index (χ0n) is 10.5. The summed E-state index contributed by atoms with van der Waals surface area (Å²) in [5.41, 5.74) is 2.40. The van der Waals surface area contributed by atoms with Gasteiger partial charge in [-0.2, -0.15) is 5.10 Å². The highest BCUT2D eigenvalue weighted by atomic mass is 35.5. The maximum atomic E-state index is 12.1. The van der Waals surface area contributed by atoms with Crippen molar-refractivity contribution in [3.8, 4) is 0 Å². The third-order valence-electron chi connectivity index (χ3n) is 2.90. The quantitative estimate of drug-likeness (QED) is 0.752. The minimum Gasteiger partial charge on any atom is -0.348 e. The normalized spacial score (nSPS) is 10.7. The number of hydrogen-bond acceptors (Lipinski definition) is 3. The molecule has 1 amide bonds. The molecule has 0 radical (unpaired) electrons. The summed E-state index contributed by atoms with van der Waals surface area (Å²) in [4.78, 5) is 16.0. The molecule has 0 aromatic carbocycles. The second-order valence-corrected chi connectivity index (χ2v) is 4.68. The number of fused-ring (bicyclic) bond motifs is 1. The van der Waals surface area contributed by atoms with E-state index in [0.717, 1.165) is 11.1 Å². The zero-order chi connectivity index (χ0) is 13.9. The van der Waals surface area contributed by atoms with Gasteiger partial charge in [0.15, 0.2) is 0 Å². The average Bonchev–Trinajstić information content (AvgIpc) is 2.93. The van der Waals surface area contributed by atoms with Crippen LogP contribution in [0.15, 0.2) is 48.9 Å². The van der Waals surface area contributed by atoms with Crippen LogP contribution in [0.1, 0.15) is 15.9 Å². The van der Waals surface area contributed by atoms with E-state index in [0.29, 0.717) is 17.3 Å². The minimum absolute atomic E-state index is 0.155. The summed E-state index contributed by atoms with van der Waals surface area (Å²) in [5.74, 6) is -0.155. The van der Waals surface area contributed by atoms with Crippen LogP contribution in [0.2, 0.25) is 5.15 Å². The number of rotatable bonds is 3. The Labute approximate surface area is 120 Å². The van der Waals surface area contributed by atoms with Gasteiger partial charge in [-0.1, -0.05) is 17.7 Å². The van der Waals surface area contributed by atoms with E-state index in [1.54, 1.807) is 35.2 Å². The van der Waals surface area contributed by atoms with Crippen molar-refractivity contribution < 1.29 is 4.79 Å².